The minimum Gasteiger partial charge on any atom is -0.346 e. The summed E-state index contributed by atoms with van der Waals surface area (Å²) in [7, 11) is 0. The number of nitrogens with zero attached hydrogens (tertiary/aromatic N) is 8. The Morgan fingerprint density at radius 3 is 2.40 bits per heavy atom. The summed E-state index contributed by atoms with van der Waals surface area (Å²) >= 11 is 15.8. The van der Waals surface area contributed by atoms with Crippen LogP contribution < -0.4 is 22.3 Å². The summed E-state index contributed by atoms with van der Waals surface area (Å²) in [5.41, 5.74) is -4.20. The highest BCUT2D eigenvalue weighted by Gasteiger charge is 2.54. The van der Waals surface area contributed by atoms with Crippen molar-refractivity contribution in [1.82, 2.24) is 45.2 Å². The van der Waals surface area contributed by atoms with Gasteiger partial charge < -0.3 is 39.0 Å². The van der Waals surface area contributed by atoms with Gasteiger partial charge in [-0.3, -0.25) is 38.3 Å². The minimum atomic E-state index is -4.14. The Morgan fingerprint density at radius 2 is 1.67 bits per heavy atom. The number of H-pyrrole nitrogens is 1. The van der Waals surface area contributed by atoms with Gasteiger partial charge in [0.25, 0.3) is 11.5 Å². The molecule has 1 aromatic carbocycles. The first-order chi connectivity index (χ1) is 29.6. The Balaban J connectivity index is 0.00000595. The molecule has 4 aromatic heterocycles. The first-order valence-electron chi connectivity index (χ1n) is 18.7. The Kier molecular flexibility index (Phi) is 14.1. The van der Waals surface area contributed by atoms with Crippen LogP contribution in [-0.4, -0.2) is 107 Å². The van der Waals surface area contributed by atoms with E-state index >= 15 is 8.78 Å². The number of benzene rings is 1. The third-order valence-corrected chi connectivity index (χ3v) is 14.2. The average Bonchev–Trinajstić information content (AvgIpc) is 4.01. The Labute approximate surface area is 370 Å². The monoisotopic (exact) mass is 970 g/mol. The normalized spacial score (nSPS) is 29.8. The highest BCUT2D eigenvalue weighted by Crippen LogP contribution is 2.60. The van der Waals surface area contributed by atoms with Crippen molar-refractivity contribution in [3.05, 3.63) is 65.2 Å². The molecule has 336 valence electrons. The topological polar surface area (TPSA) is 289 Å². The van der Waals surface area contributed by atoms with E-state index in [2.05, 4.69) is 52.8 Å². The lowest BCUT2D eigenvalue weighted by Crippen LogP contribution is -2.34. The largest absolute Gasteiger partial charge is 0.346 e. The fourth-order valence-electron chi connectivity index (χ4n) is 6.64. The number of carbonyl (C=O) groups is 2. The summed E-state index contributed by atoms with van der Waals surface area (Å²) in [5.74, 6) is -1.53. The lowest BCUT2D eigenvalue weighted by molar-refractivity contribution is -0.118. The van der Waals surface area contributed by atoms with Crippen molar-refractivity contribution in [2.45, 2.75) is 69.5 Å². The number of imidazole rings is 2. The van der Waals surface area contributed by atoms with E-state index in [0.717, 1.165) is 12.7 Å². The smallest absolute Gasteiger partial charge is 0.327 e. The minimum absolute atomic E-state index is 0. The van der Waals surface area contributed by atoms with Crippen LogP contribution >= 0.6 is 24.7 Å². The van der Waals surface area contributed by atoms with Crippen LogP contribution in [0.4, 0.5) is 20.5 Å². The number of nitrogens with one attached hydrogen (secondary N) is 3. The molecule has 7 heterocycles. The summed E-state index contributed by atoms with van der Waals surface area (Å²) in [6, 6.07) is 10.3. The summed E-state index contributed by atoms with van der Waals surface area (Å²) in [5, 5.41) is 14.5. The maximum atomic E-state index is 16.8. The SMILES string of the molecule is CC(C)C(=O)Nc1nc2c(ncn2[C@@H]2O[C@@H]3COP(=S)(S)O[C@H]4[C@H](F)[C@H](n5cnc6c(NC(=O)c7ccccc7)ncnc65)O[C@@H]4COP(=S)(OCCC#N)O[C@@H]2[C@@H]3F)c(=O)[nH]1.N. The standard InChI is InChI=1S/C34H35F2N11O10P2S3.H3N/c1-16(2)29(48)44-34-43-28-23(31(50)45-34)41-15-47(28)33-25-20(35)18(54-33)11-53-59(61,62)57-24-19(12-52-58(60,56-25)51-10-6-9-37)55-32(21(24)36)46-14-40-22-26(38-13-39-27(22)46)42-30(49)17-7-4-3-5-8-17;/h3-5,7-8,13-16,18-21,24-25,32-33H,6,10-12H2,1-2H3,(H,61,62)(H,38,39,42,49)(H2,43,44,45,48,50);1H3/t18-,19-,20-,21+,24-,25-,32-,33-,58?;/m1./s1. The van der Waals surface area contributed by atoms with Gasteiger partial charge in [-0.2, -0.15) is 10.2 Å². The van der Waals surface area contributed by atoms with Gasteiger partial charge in [-0.05, 0) is 35.7 Å². The first kappa shape index (κ1) is 46.7. The van der Waals surface area contributed by atoms with Crippen molar-refractivity contribution in [2.75, 3.05) is 30.5 Å². The van der Waals surface area contributed by atoms with Crippen LogP contribution in [0.5, 0.6) is 0 Å². The molecule has 0 saturated carbocycles. The number of ether oxygens (including phenoxy) is 2. The highest BCUT2D eigenvalue weighted by molar-refractivity contribution is 8.60. The molecular formula is C34H38F2N12O10P2S3. The van der Waals surface area contributed by atoms with Crippen LogP contribution in [0, 0.1) is 17.2 Å². The number of anilines is 2. The second-order valence-corrected chi connectivity index (χ2v) is 22.4. The predicted octanol–water partition coefficient (Wildman–Crippen LogP) is 4.57. The van der Waals surface area contributed by atoms with E-state index in [1.54, 1.807) is 44.2 Å². The van der Waals surface area contributed by atoms with Crippen molar-refractivity contribution < 1.29 is 50.5 Å². The molecule has 10 atom stereocenters. The lowest BCUT2D eigenvalue weighted by atomic mass is 10.1. The summed E-state index contributed by atoms with van der Waals surface area (Å²) in [4.78, 5) is 62.1. The molecule has 22 nitrogen and oxygen atoms in total. The van der Waals surface area contributed by atoms with E-state index < -0.39 is 98.1 Å². The van der Waals surface area contributed by atoms with Crippen molar-refractivity contribution in [1.29, 1.82) is 5.26 Å². The number of amides is 2. The molecule has 29 heteroatoms. The van der Waals surface area contributed by atoms with Crippen molar-refractivity contribution in [3.8, 4) is 6.07 Å². The molecule has 3 saturated heterocycles. The van der Waals surface area contributed by atoms with Gasteiger partial charge in [-0.25, -0.2) is 28.7 Å². The molecule has 2 unspecified atom stereocenters. The number of rotatable bonds is 9. The number of hydrogen-bond donors (Lipinski definition) is 5. The zero-order valence-electron chi connectivity index (χ0n) is 32.9. The first-order valence-corrected chi connectivity index (χ1v) is 25.0. The fraction of sp³-hybridized carbons (Fsp3) is 0.441. The Bertz CT molecular complexity index is 2710. The van der Waals surface area contributed by atoms with Gasteiger partial charge in [-0.1, -0.05) is 44.3 Å². The fourth-order valence-corrected chi connectivity index (χ4v) is 10.7. The number of halogens is 2. The molecule has 2 bridgehead atoms. The lowest BCUT2D eigenvalue weighted by Gasteiger charge is -2.30. The van der Waals surface area contributed by atoms with Crippen LogP contribution in [0.2, 0.25) is 0 Å². The molecule has 0 radical (unpaired) electrons. The second-order valence-electron chi connectivity index (χ2n) is 14.2. The molecule has 2 amide bonds. The molecular weight excluding hydrogens is 933 g/mol. The number of alkyl halides is 2. The van der Waals surface area contributed by atoms with Crippen LogP contribution in [0.3, 0.4) is 0 Å². The van der Waals surface area contributed by atoms with Gasteiger partial charge in [0.2, 0.25) is 17.5 Å². The third-order valence-electron chi connectivity index (χ3n) is 9.67. The van der Waals surface area contributed by atoms with E-state index in [1.165, 1.54) is 15.5 Å². The molecule has 0 aliphatic carbocycles. The number of aromatic amines is 1. The van der Waals surface area contributed by atoms with E-state index in [9.17, 15) is 19.6 Å². The van der Waals surface area contributed by atoms with Crippen LogP contribution in [0.1, 0.15) is 43.1 Å². The molecule has 6 N–H and O–H groups in total. The quantitative estimate of drug-likeness (QED) is 0.0768. The number of carbonyl (C=O) groups excluding carboxylic acids is 2. The Morgan fingerprint density at radius 1 is 0.968 bits per heavy atom. The zero-order valence-corrected chi connectivity index (χ0v) is 37.2. The highest BCUT2D eigenvalue weighted by atomic mass is 32.9. The maximum absolute atomic E-state index is 16.8. The molecule has 8 rings (SSSR count). The van der Waals surface area contributed by atoms with E-state index in [1.807, 2.05) is 6.07 Å². The summed E-state index contributed by atoms with van der Waals surface area (Å²) in [6.45, 7) is -2.33. The predicted molar refractivity (Wildman–Crippen MR) is 229 cm³/mol. The maximum Gasteiger partial charge on any atom is 0.327 e. The molecule has 63 heavy (non-hydrogen) atoms. The molecule has 3 aliphatic heterocycles. The van der Waals surface area contributed by atoms with Gasteiger partial charge in [0.05, 0.1) is 45.0 Å². The van der Waals surface area contributed by atoms with Crippen LogP contribution in [0.25, 0.3) is 22.3 Å². The number of fused-ring (bicyclic) bond motifs is 5. The van der Waals surface area contributed by atoms with Gasteiger partial charge >= 0.3 is 6.72 Å². The van der Waals surface area contributed by atoms with E-state index in [4.69, 9.17) is 55.7 Å². The summed E-state index contributed by atoms with van der Waals surface area (Å²) < 4.78 is 78.3. The third kappa shape index (κ3) is 9.74. The average molecular weight is 971 g/mol. The van der Waals surface area contributed by atoms with E-state index in [-0.39, 0.29) is 53.3 Å². The Hall–Kier alpha value is -4.26. The second kappa shape index (κ2) is 19.1. The molecule has 3 fully saturated rings. The number of thiol groups is 1. The molecule has 5 aromatic rings. The van der Waals surface area contributed by atoms with Gasteiger partial charge in [0, 0.05) is 11.5 Å². The zero-order chi connectivity index (χ0) is 43.9. The van der Waals surface area contributed by atoms with E-state index in [0.29, 0.717) is 5.56 Å². The van der Waals surface area contributed by atoms with Gasteiger partial charge in [-0.15, -0.1) is 0 Å². The van der Waals surface area contributed by atoms with Crippen LogP contribution in [-0.2, 0) is 60.5 Å². The number of nitriles is 1. The number of aromatic nitrogens is 8. The van der Waals surface area contributed by atoms with Crippen molar-refractivity contribution in [3.63, 3.8) is 0 Å². The van der Waals surface area contributed by atoms with Crippen molar-refractivity contribution >= 4 is 94.2 Å². The number of hydrogen-bond acceptors (Lipinski definition) is 19. The van der Waals surface area contributed by atoms with Crippen LogP contribution in [0.15, 0.2) is 54.1 Å². The van der Waals surface area contributed by atoms with Gasteiger partial charge in [0.1, 0.15) is 30.7 Å². The van der Waals surface area contributed by atoms with Gasteiger partial charge in [0.15, 0.2) is 52.9 Å². The van der Waals surface area contributed by atoms with Crippen molar-refractivity contribution in [2.24, 2.45) is 5.92 Å². The summed E-state index contributed by atoms with van der Waals surface area (Å²) in [6.07, 6.45) is -9.62. The molecule has 0 spiro atoms. The molecule has 3 aliphatic rings.